The third kappa shape index (κ3) is 5.16. The van der Waals surface area contributed by atoms with E-state index in [0.29, 0.717) is 25.1 Å². The maximum atomic E-state index is 12.3. The molecule has 0 saturated heterocycles. The maximum absolute atomic E-state index is 12.3. The van der Waals surface area contributed by atoms with E-state index in [9.17, 15) is 4.79 Å². The van der Waals surface area contributed by atoms with Crippen molar-refractivity contribution in [1.29, 1.82) is 0 Å². The van der Waals surface area contributed by atoms with Gasteiger partial charge in [0.25, 0.3) is 0 Å². The van der Waals surface area contributed by atoms with E-state index in [0.717, 1.165) is 34.0 Å². The molecular weight excluding hydrogens is 366 g/mol. The van der Waals surface area contributed by atoms with Gasteiger partial charge in [-0.25, -0.2) is 4.68 Å². The Morgan fingerprint density at radius 1 is 1.03 bits per heavy atom. The Labute approximate surface area is 171 Å². The number of aryl methyl sites for hydroxylation is 3. The lowest BCUT2D eigenvalue weighted by Crippen LogP contribution is -2.23. The van der Waals surface area contributed by atoms with E-state index in [2.05, 4.69) is 16.5 Å². The number of ether oxygens (including phenoxy) is 2. The van der Waals surface area contributed by atoms with Crippen LogP contribution in [0.2, 0.25) is 0 Å². The van der Waals surface area contributed by atoms with Crippen molar-refractivity contribution in [3.05, 3.63) is 71.0 Å². The molecule has 0 saturated carbocycles. The molecular formula is C23H27N3O3. The average Bonchev–Trinajstić information content (AvgIpc) is 3.08. The molecule has 0 unspecified atom stereocenters. The Morgan fingerprint density at radius 2 is 1.79 bits per heavy atom. The lowest BCUT2D eigenvalue weighted by molar-refractivity contribution is -0.121. The summed E-state index contributed by atoms with van der Waals surface area (Å²) >= 11 is 0. The highest BCUT2D eigenvalue weighted by Crippen LogP contribution is 2.24. The van der Waals surface area contributed by atoms with Crippen molar-refractivity contribution in [1.82, 2.24) is 15.1 Å². The molecule has 3 rings (SSSR count). The molecule has 0 spiro atoms. The predicted octanol–water partition coefficient (Wildman–Crippen LogP) is 3.76. The molecule has 0 bridgehead atoms. The van der Waals surface area contributed by atoms with E-state index >= 15 is 0 Å². The summed E-state index contributed by atoms with van der Waals surface area (Å²) in [4.78, 5) is 12.3. The number of carbonyl (C=O) groups excluding carboxylic acids is 1. The van der Waals surface area contributed by atoms with Crippen molar-refractivity contribution in [2.45, 2.75) is 33.2 Å². The van der Waals surface area contributed by atoms with Crippen LogP contribution in [0.25, 0.3) is 5.69 Å². The summed E-state index contributed by atoms with van der Waals surface area (Å²) in [5.74, 6) is 1.43. The van der Waals surface area contributed by atoms with Gasteiger partial charge in [-0.15, -0.1) is 0 Å². The van der Waals surface area contributed by atoms with Crippen LogP contribution in [-0.4, -0.2) is 29.9 Å². The van der Waals surface area contributed by atoms with Crippen LogP contribution in [-0.2, 0) is 17.8 Å². The van der Waals surface area contributed by atoms with Gasteiger partial charge < -0.3 is 14.8 Å². The molecule has 152 valence electrons. The SMILES string of the molecule is COc1ccc(CNC(=O)CCc2ccc(-n3nc(C)cc3C)cc2)c(OC)c1. The van der Waals surface area contributed by atoms with Gasteiger partial charge in [-0.05, 0) is 56.2 Å². The van der Waals surface area contributed by atoms with Crippen LogP contribution in [0.5, 0.6) is 11.5 Å². The number of rotatable bonds is 8. The summed E-state index contributed by atoms with van der Waals surface area (Å²) in [5, 5.41) is 7.45. The first-order valence-corrected chi connectivity index (χ1v) is 9.60. The Balaban J connectivity index is 1.52. The van der Waals surface area contributed by atoms with Gasteiger partial charge in [-0.1, -0.05) is 12.1 Å². The monoisotopic (exact) mass is 393 g/mol. The normalized spacial score (nSPS) is 10.6. The minimum Gasteiger partial charge on any atom is -0.497 e. The summed E-state index contributed by atoms with van der Waals surface area (Å²) < 4.78 is 12.5. The number of amides is 1. The first-order chi connectivity index (χ1) is 14.0. The van der Waals surface area contributed by atoms with E-state index in [1.165, 1.54) is 0 Å². The van der Waals surface area contributed by atoms with Gasteiger partial charge in [-0.2, -0.15) is 5.10 Å². The molecule has 1 N–H and O–H groups in total. The zero-order valence-electron chi connectivity index (χ0n) is 17.4. The molecule has 29 heavy (non-hydrogen) atoms. The summed E-state index contributed by atoms with van der Waals surface area (Å²) in [6, 6.07) is 15.8. The number of hydrogen-bond donors (Lipinski definition) is 1. The molecule has 1 heterocycles. The van der Waals surface area contributed by atoms with Gasteiger partial charge in [0.05, 0.1) is 25.6 Å². The molecule has 1 aromatic heterocycles. The van der Waals surface area contributed by atoms with Crippen LogP contribution in [0.1, 0.15) is 28.9 Å². The second-order valence-electron chi connectivity index (χ2n) is 6.96. The van der Waals surface area contributed by atoms with Crippen molar-refractivity contribution in [2.24, 2.45) is 0 Å². The third-order valence-electron chi connectivity index (χ3n) is 4.80. The van der Waals surface area contributed by atoms with E-state index in [1.807, 2.05) is 61.0 Å². The summed E-state index contributed by atoms with van der Waals surface area (Å²) in [6.07, 6.45) is 1.11. The van der Waals surface area contributed by atoms with Crippen molar-refractivity contribution in [2.75, 3.05) is 14.2 Å². The topological polar surface area (TPSA) is 65.4 Å². The highest BCUT2D eigenvalue weighted by atomic mass is 16.5. The number of methoxy groups -OCH3 is 2. The molecule has 1 amide bonds. The average molecular weight is 393 g/mol. The van der Waals surface area contributed by atoms with Crippen LogP contribution < -0.4 is 14.8 Å². The minimum atomic E-state index is 0.00509. The lowest BCUT2D eigenvalue weighted by Gasteiger charge is -2.11. The molecule has 0 aliphatic heterocycles. The van der Waals surface area contributed by atoms with Crippen molar-refractivity contribution in [3.63, 3.8) is 0 Å². The summed E-state index contributed by atoms with van der Waals surface area (Å²) in [5.41, 5.74) is 5.15. The fourth-order valence-corrected chi connectivity index (χ4v) is 3.23. The molecule has 0 atom stereocenters. The van der Waals surface area contributed by atoms with E-state index in [-0.39, 0.29) is 5.91 Å². The largest absolute Gasteiger partial charge is 0.497 e. The van der Waals surface area contributed by atoms with Gasteiger partial charge in [0.1, 0.15) is 11.5 Å². The van der Waals surface area contributed by atoms with Crippen LogP contribution in [0.15, 0.2) is 48.5 Å². The van der Waals surface area contributed by atoms with E-state index in [1.54, 1.807) is 14.2 Å². The molecule has 6 heteroatoms. The first-order valence-electron chi connectivity index (χ1n) is 9.60. The zero-order chi connectivity index (χ0) is 20.8. The fourth-order valence-electron chi connectivity index (χ4n) is 3.23. The highest BCUT2D eigenvalue weighted by molar-refractivity contribution is 5.76. The molecule has 0 radical (unpaired) electrons. The molecule has 2 aromatic carbocycles. The van der Waals surface area contributed by atoms with Crippen LogP contribution in [0, 0.1) is 13.8 Å². The molecule has 3 aromatic rings. The Bertz CT molecular complexity index is 978. The molecule has 0 fully saturated rings. The van der Waals surface area contributed by atoms with Crippen LogP contribution in [0.3, 0.4) is 0 Å². The Hall–Kier alpha value is -3.28. The quantitative estimate of drug-likeness (QED) is 0.633. The second-order valence-corrected chi connectivity index (χ2v) is 6.96. The zero-order valence-corrected chi connectivity index (χ0v) is 17.4. The standard InChI is InChI=1S/C23H27N3O3/c1-16-13-17(2)26(25-16)20-9-5-18(6-10-20)7-12-23(27)24-15-19-8-11-21(28-3)14-22(19)29-4/h5-6,8-11,13-14H,7,12,15H2,1-4H3,(H,24,27). The summed E-state index contributed by atoms with van der Waals surface area (Å²) in [6.45, 7) is 4.44. The van der Waals surface area contributed by atoms with Gasteiger partial charge >= 0.3 is 0 Å². The van der Waals surface area contributed by atoms with Gasteiger partial charge in [0.2, 0.25) is 5.91 Å². The van der Waals surface area contributed by atoms with E-state index in [4.69, 9.17) is 9.47 Å². The molecule has 6 nitrogen and oxygen atoms in total. The van der Waals surface area contributed by atoms with Crippen molar-refractivity contribution >= 4 is 5.91 Å². The van der Waals surface area contributed by atoms with Crippen molar-refractivity contribution < 1.29 is 14.3 Å². The maximum Gasteiger partial charge on any atom is 0.220 e. The number of nitrogens with one attached hydrogen (secondary N) is 1. The van der Waals surface area contributed by atoms with Gasteiger partial charge in [-0.3, -0.25) is 4.79 Å². The number of aromatic nitrogens is 2. The number of carbonyl (C=O) groups is 1. The lowest BCUT2D eigenvalue weighted by atomic mass is 10.1. The third-order valence-corrected chi connectivity index (χ3v) is 4.80. The number of nitrogens with zero attached hydrogens (tertiary/aromatic N) is 2. The Kier molecular flexibility index (Phi) is 6.54. The van der Waals surface area contributed by atoms with Crippen molar-refractivity contribution in [3.8, 4) is 17.2 Å². The Morgan fingerprint density at radius 3 is 2.41 bits per heavy atom. The molecule has 0 aliphatic carbocycles. The van der Waals surface area contributed by atoms with Crippen LogP contribution >= 0.6 is 0 Å². The van der Waals surface area contributed by atoms with Gasteiger partial charge in [0.15, 0.2) is 0 Å². The minimum absolute atomic E-state index is 0.00509. The number of benzene rings is 2. The van der Waals surface area contributed by atoms with Gasteiger partial charge in [0, 0.05) is 30.3 Å². The first kappa shape index (κ1) is 20.5. The smallest absolute Gasteiger partial charge is 0.220 e. The fraction of sp³-hybridized carbons (Fsp3) is 0.304. The predicted molar refractivity (Wildman–Crippen MR) is 113 cm³/mol. The second kappa shape index (κ2) is 9.28. The summed E-state index contributed by atoms with van der Waals surface area (Å²) in [7, 11) is 3.22. The highest BCUT2D eigenvalue weighted by Gasteiger charge is 2.08. The van der Waals surface area contributed by atoms with E-state index < -0.39 is 0 Å². The number of hydrogen-bond acceptors (Lipinski definition) is 4. The van der Waals surface area contributed by atoms with Crippen LogP contribution in [0.4, 0.5) is 0 Å². The molecule has 0 aliphatic rings.